The third-order valence-corrected chi connectivity index (χ3v) is 1.89. The maximum atomic E-state index is 10.9. The molecule has 0 aliphatic carbocycles. The highest BCUT2D eigenvalue weighted by Gasteiger charge is 2.09. The first-order chi connectivity index (χ1) is 5.65. The second kappa shape index (κ2) is 3.38. The summed E-state index contributed by atoms with van der Waals surface area (Å²) in [5.41, 5.74) is 2.79. The number of H-pyrrole nitrogens is 1. The summed E-state index contributed by atoms with van der Waals surface area (Å²) in [5.74, 6) is -0.260. The molecule has 0 atom stereocenters. The van der Waals surface area contributed by atoms with E-state index in [4.69, 9.17) is 0 Å². The molecule has 0 aromatic carbocycles. The number of hydrogen-bond donors (Lipinski definition) is 1. The number of aromatic amines is 1. The van der Waals surface area contributed by atoms with Gasteiger partial charge < -0.3 is 4.74 Å². The molecule has 1 N–H and O–H groups in total. The Bertz CT molecular complexity index is 291. The number of methoxy groups -OCH3 is 1. The molecule has 0 radical (unpaired) electrons. The van der Waals surface area contributed by atoms with Crippen LogP contribution in [0.15, 0.2) is 0 Å². The summed E-state index contributed by atoms with van der Waals surface area (Å²) in [5, 5.41) is 6.79. The van der Waals surface area contributed by atoms with Crippen molar-refractivity contribution in [3.63, 3.8) is 0 Å². The first-order valence-electron chi connectivity index (χ1n) is 3.72. The fourth-order valence-electron chi connectivity index (χ4n) is 0.916. The van der Waals surface area contributed by atoms with Crippen molar-refractivity contribution in [3.8, 4) is 0 Å². The number of aromatic nitrogens is 2. The lowest BCUT2D eigenvalue weighted by molar-refractivity contribution is -0.139. The van der Waals surface area contributed by atoms with E-state index in [9.17, 15) is 4.79 Å². The van der Waals surface area contributed by atoms with E-state index in [0.717, 1.165) is 17.0 Å². The molecule has 0 unspecified atom stereocenters. The van der Waals surface area contributed by atoms with Gasteiger partial charge in [0.15, 0.2) is 0 Å². The van der Waals surface area contributed by atoms with Crippen molar-refractivity contribution in [2.45, 2.75) is 20.3 Å². The third-order valence-electron chi connectivity index (χ3n) is 1.89. The summed E-state index contributed by atoms with van der Waals surface area (Å²) in [4.78, 5) is 10.9. The van der Waals surface area contributed by atoms with E-state index in [1.165, 1.54) is 7.11 Å². The molecule has 1 rings (SSSR count). The molecule has 66 valence electrons. The molecule has 0 spiro atoms. The Kier molecular flexibility index (Phi) is 2.47. The molecule has 4 heteroatoms. The highest BCUT2D eigenvalue weighted by Crippen LogP contribution is 2.08. The molecule has 0 amide bonds. The van der Waals surface area contributed by atoms with Gasteiger partial charge in [0.2, 0.25) is 0 Å². The van der Waals surface area contributed by atoms with E-state index in [-0.39, 0.29) is 12.4 Å². The second-order valence-corrected chi connectivity index (χ2v) is 2.67. The Morgan fingerprint density at radius 3 is 2.67 bits per heavy atom. The summed E-state index contributed by atoms with van der Waals surface area (Å²) in [6.07, 6.45) is 0.243. The van der Waals surface area contributed by atoms with E-state index in [1.807, 2.05) is 13.8 Å². The fourth-order valence-corrected chi connectivity index (χ4v) is 0.916. The minimum absolute atomic E-state index is 0.243. The van der Waals surface area contributed by atoms with Gasteiger partial charge in [0.1, 0.15) is 0 Å². The van der Waals surface area contributed by atoms with Crippen LogP contribution in [0, 0.1) is 13.8 Å². The van der Waals surface area contributed by atoms with E-state index < -0.39 is 0 Å². The van der Waals surface area contributed by atoms with E-state index in [1.54, 1.807) is 0 Å². The van der Waals surface area contributed by atoms with E-state index >= 15 is 0 Å². The Labute approximate surface area is 70.9 Å². The Balaban J connectivity index is 2.76. The number of aryl methyl sites for hydroxylation is 1. The number of carbonyl (C=O) groups is 1. The SMILES string of the molecule is COC(=O)Cc1n[nH]c(C)c1C. The van der Waals surface area contributed by atoms with Crippen LogP contribution in [0.4, 0.5) is 0 Å². The highest BCUT2D eigenvalue weighted by atomic mass is 16.5. The van der Waals surface area contributed by atoms with E-state index in [0.29, 0.717) is 0 Å². The normalized spacial score (nSPS) is 9.92. The first-order valence-corrected chi connectivity index (χ1v) is 3.72. The van der Waals surface area contributed by atoms with Crippen LogP contribution in [-0.4, -0.2) is 23.3 Å². The van der Waals surface area contributed by atoms with Crippen LogP contribution in [0.3, 0.4) is 0 Å². The van der Waals surface area contributed by atoms with Crippen molar-refractivity contribution in [2.75, 3.05) is 7.11 Å². The maximum Gasteiger partial charge on any atom is 0.311 e. The van der Waals surface area contributed by atoms with Gasteiger partial charge in [-0.3, -0.25) is 9.89 Å². The minimum atomic E-state index is -0.260. The first kappa shape index (κ1) is 8.77. The molecule has 0 aliphatic rings. The molecule has 1 aromatic rings. The van der Waals surface area contributed by atoms with Gasteiger partial charge in [0.25, 0.3) is 0 Å². The van der Waals surface area contributed by atoms with Gasteiger partial charge in [0.05, 0.1) is 19.2 Å². The van der Waals surface area contributed by atoms with Gasteiger partial charge in [-0.2, -0.15) is 5.10 Å². The van der Waals surface area contributed by atoms with Gasteiger partial charge in [-0.05, 0) is 19.4 Å². The van der Waals surface area contributed by atoms with Crippen LogP contribution in [0.25, 0.3) is 0 Å². The topological polar surface area (TPSA) is 55.0 Å². The molecule has 1 heterocycles. The lowest BCUT2D eigenvalue weighted by Gasteiger charge is -1.96. The summed E-state index contributed by atoms with van der Waals surface area (Å²) in [7, 11) is 1.37. The monoisotopic (exact) mass is 168 g/mol. The number of carbonyl (C=O) groups excluding carboxylic acids is 1. The van der Waals surface area contributed by atoms with Crippen molar-refractivity contribution < 1.29 is 9.53 Å². The summed E-state index contributed by atoms with van der Waals surface area (Å²) in [6, 6.07) is 0. The molecule has 0 saturated carbocycles. The van der Waals surface area contributed by atoms with Crippen LogP contribution in [0.2, 0.25) is 0 Å². The zero-order valence-electron chi connectivity index (χ0n) is 7.47. The number of ether oxygens (including phenoxy) is 1. The summed E-state index contributed by atoms with van der Waals surface area (Å²) >= 11 is 0. The van der Waals surface area contributed by atoms with Crippen LogP contribution in [0.1, 0.15) is 17.0 Å². The molecule has 1 aromatic heterocycles. The highest BCUT2D eigenvalue weighted by molar-refractivity contribution is 5.72. The third kappa shape index (κ3) is 1.64. The average molecular weight is 168 g/mol. The second-order valence-electron chi connectivity index (χ2n) is 2.67. The molecule has 4 nitrogen and oxygen atoms in total. The largest absolute Gasteiger partial charge is 0.469 e. The number of rotatable bonds is 2. The number of esters is 1. The molecule has 12 heavy (non-hydrogen) atoms. The Morgan fingerprint density at radius 1 is 1.58 bits per heavy atom. The van der Waals surface area contributed by atoms with Crippen LogP contribution < -0.4 is 0 Å². The van der Waals surface area contributed by atoms with Crippen molar-refractivity contribution in [2.24, 2.45) is 0 Å². The molecule has 0 saturated heterocycles. The maximum absolute atomic E-state index is 10.9. The van der Waals surface area contributed by atoms with E-state index in [2.05, 4.69) is 14.9 Å². The molecule has 0 fully saturated rings. The predicted molar refractivity (Wildman–Crippen MR) is 43.8 cm³/mol. The summed E-state index contributed by atoms with van der Waals surface area (Å²) < 4.78 is 4.53. The van der Waals surface area contributed by atoms with Gasteiger partial charge in [-0.25, -0.2) is 0 Å². The van der Waals surface area contributed by atoms with Gasteiger partial charge >= 0.3 is 5.97 Å². The number of nitrogens with one attached hydrogen (secondary N) is 1. The molecular formula is C8H12N2O2. The van der Waals surface area contributed by atoms with Crippen LogP contribution in [0.5, 0.6) is 0 Å². The van der Waals surface area contributed by atoms with Gasteiger partial charge in [0, 0.05) is 5.69 Å². The zero-order valence-corrected chi connectivity index (χ0v) is 7.47. The zero-order chi connectivity index (χ0) is 9.14. The average Bonchev–Trinajstić information content (AvgIpc) is 2.36. The van der Waals surface area contributed by atoms with Crippen LogP contribution in [-0.2, 0) is 16.0 Å². The lowest BCUT2D eigenvalue weighted by atomic mass is 10.2. The predicted octanol–water partition coefficient (Wildman–Crippen LogP) is 0.742. The molecule has 0 bridgehead atoms. The van der Waals surface area contributed by atoms with Crippen molar-refractivity contribution in [1.29, 1.82) is 0 Å². The van der Waals surface area contributed by atoms with Gasteiger partial charge in [-0.15, -0.1) is 0 Å². The fraction of sp³-hybridized carbons (Fsp3) is 0.500. The van der Waals surface area contributed by atoms with Crippen molar-refractivity contribution in [1.82, 2.24) is 10.2 Å². The molecular weight excluding hydrogens is 156 g/mol. The van der Waals surface area contributed by atoms with Crippen molar-refractivity contribution in [3.05, 3.63) is 17.0 Å². The number of hydrogen-bond acceptors (Lipinski definition) is 3. The number of nitrogens with zero attached hydrogens (tertiary/aromatic N) is 1. The minimum Gasteiger partial charge on any atom is -0.469 e. The quantitative estimate of drug-likeness (QED) is 0.663. The van der Waals surface area contributed by atoms with Crippen LogP contribution >= 0.6 is 0 Å². The molecule has 0 aliphatic heterocycles. The van der Waals surface area contributed by atoms with Gasteiger partial charge in [-0.1, -0.05) is 0 Å². The Morgan fingerprint density at radius 2 is 2.25 bits per heavy atom. The smallest absolute Gasteiger partial charge is 0.311 e. The standard InChI is InChI=1S/C8H12N2O2/c1-5-6(2)9-10-7(5)4-8(11)12-3/h4H2,1-3H3,(H,9,10). The van der Waals surface area contributed by atoms with Crippen molar-refractivity contribution >= 4 is 5.97 Å². The summed E-state index contributed by atoms with van der Waals surface area (Å²) in [6.45, 7) is 3.85. The Hall–Kier alpha value is -1.32. The lowest BCUT2D eigenvalue weighted by Crippen LogP contribution is -2.05.